The van der Waals surface area contributed by atoms with Gasteiger partial charge in [0.25, 0.3) is 0 Å². The highest BCUT2D eigenvalue weighted by atomic mass is 16.5. The van der Waals surface area contributed by atoms with Crippen LogP contribution in [-0.4, -0.2) is 0 Å². The Morgan fingerprint density at radius 2 is 2.00 bits per heavy atom. The summed E-state index contributed by atoms with van der Waals surface area (Å²) in [6, 6.07) is 11.0. The van der Waals surface area contributed by atoms with Gasteiger partial charge in [0.2, 0.25) is 0 Å². The summed E-state index contributed by atoms with van der Waals surface area (Å²) in [4.78, 5) is 0. The van der Waals surface area contributed by atoms with Crippen LogP contribution in [0.25, 0.3) is 23.3 Å². The van der Waals surface area contributed by atoms with Crippen LogP contribution in [-0.2, 0) is 6.61 Å². The van der Waals surface area contributed by atoms with Gasteiger partial charge in [0.05, 0.1) is 0 Å². The molecule has 0 N–H and O–H groups in total. The highest BCUT2D eigenvalue weighted by Crippen LogP contribution is 2.40. The molecule has 1 heteroatoms. The monoisotopic (exact) mass is 318 g/mol. The molecule has 1 unspecified atom stereocenters. The van der Waals surface area contributed by atoms with Gasteiger partial charge in [0.15, 0.2) is 0 Å². The first-order chi connectivity index (χ1) is 11.6. The normalized spacial score (nSPS) is 14.0. The van der Waals surface area contributed by atoms with Crippen molar-refractivity contribution < 1.29 is 4.74 Å². The highest BCUT2D eigenvalue weighted by Gasteiger charge is 2.18. The molecular weight excluding hydrogens is 292 g/mol. The molecule has 0 spiro atoms. The zero-order chi connectivity index (χ0) is 17.1. The van der Waals surface area contributed by atoms with Crippen molar-refractivity contribution in [1.29, 1.82) is 0 Å². The molecule has 124 valence electrons. The van der Waals surface area contributed by atoms with Crippen LogP contribution >= 0.6 is 0 Å². The molecule has 0 bridgehead atoms. The molecule has 0 aromatic heterocycles. The van der Waals surface area contributed by atoms with Crippen molar-refractivity contribution in [2.45, 2.75) is 40.2 Å². The molecule has 0 amide bonds. The molecule has 0 radical (unpaired) electrons. The summed E-state index contributed by atoms with van der Waals surface area (Å²) in [5.74, 6) is 1.68. The summed E-state index contributed by atoms with van der Waals surface area (Å²) in [6.45, 7) is 11.3. The molecule has 0 aliphatic carbocycles. The molecule has 1 nitrogen and oxygen atoms in total. The van der Waals surface area contributed by atoms with Crippen LogP contribution in [0.1, 0.15) is 48.9 Å². The van der Waals surface area contributed by atoms with Crippen molar-refractivity contribution in [2.75, 3.05) is 0 Å². The van der Waals surface area contributed by atoms with Gasteiger partial charge in [-0.05, 0) is 53.6 Å². The average molecular weight is 318 g/mol. The largest absolute Gasteiger partial charge is 0.488 e. The lowest BCUT2D eigenvalue weighted by molar-refractivity contribution is 0.302. The van der Waals surface area contributed by atoms with E-state index in [0.717, 1.165) is 23.7 Å². The fourth-order valence-corrected chi connectivity index (χ4v) is 3.12. The van der Waals surface area contributed by atoms with Crippen molar-refractivity contribution in [2.24, 2.45) is 5.92 Å². The lowest BCUT2D eigenvalue weighted by Gasteiger charge is -2.22. The van der Waals surface area contributed by atoms with E-state index in [0.29, 0.717) is 6.61 Å². The van der Waals surface area contributed by atoms with E-state index >= 15 is 0 Å². The second kappa shape index (κ2) is 7.09. The van der Waals surface area contributed by atoms with Gasteiger partial charge in [-0.1, -0.05) is 68.8 Å². The molecule has 0 saturated heterocycles. The third-order valence-electron chi connectivity index (χ3n) is 4.87. The van der Waals surface area contributed by atoms with E-state index in [4.69, 9.17) is 4.74 Å². The van der Waals surface area contributed by atoms with E-state index in [1.165, 1.54) is 34.2 Å². The molecule has 0 fully saturated rings. The van der Waals surface area contributed by atoms with Crippen LogP contribution < -0.4 is 4.74 Å². The third kappa shape index (κ3) is 3.31. The SMILES string of the molecule is C=Cc1cc2c(cc1/C=C\CC(C)CC)-c1ccc(C)cc1CO2. The van der Waals surface area contributed by atoms with Crippen LogP contribution in [0.15, 0.2) is 43.0 Å². The van der Waals surface area contributed by atoms with Crippen molar-refractivity contribution in [3.8, 4) is 16.9 Å². The van der Waals surface area contributed by atoms with Gasteiger partial charge < -0.3 is 4.74 Å². The van der Waals surface area contributed by atoms with Gasteiger partial charge in [-0.25, -0.2) is 0 Å². The van der Waals surface area contributed by atoms with Crippen LogP contribution in [0.2, 0.25) is 0 Å². The summed E-state index contributed by atoms with van der Waals surface area (Å²) >= 11 is 0. The Labute approximate surface area is 145 Å². The van der Waals surface area contributed by atoms with Crippen LogP contribution in [0.5, 0.6) is 5.75 Å². The van der Waals surface area contributed by atoms with Gasteiger partial charge in [-0.3, -0.25) is 0 Å². The number of fused-ring (bicyclic) bond motifs is 3. The first kappa shape index (κ1) is 16.6. The van der Waals surface area contributed by atoms with E-state index < -0.39 is 0 Å². The number of hydrogen-bond acceptors (Lipinski definition) is 1. The van der Waals surface area contributed by atoms with Gasteiger partial charge in [-0.15, -0.1) is 0 Å². The van der Waals surface area contributed by atoms with Crippen molar-refractivity contribution in [1.82, 2.24) is 0 Å². The summed E-state index contributed by atoms with van der Waals surface area (Å²) in [7, 11) is 0. The lowest BCUT2D eigenvalue weighted by Crippen LogP contribution is -2.06. The van der Waals surface area contributed by atoms with E-state index in [2.05, 4.69) is 69.8 Å². The lowest BCUT2D eigenvalue weighted by atomic mass is 9.92. The van der Waals surface area contributed by atoms with E-state index in [1.54, 1.807) is 0 Å². The fraction of sp³-hybridized carbons (Fsp3) is 0.304. The predicted molar refractivity (Wildman–Crippen MR) is 104 cm³/mol. The smallest absolute Gasteiger partial charge is 0.128 e. The van der Waals surface area contributed by atoms with E-state index in [-0.39, 0.29) is 0 Å². The fourth-order valence-electron chi connectivity index (χ4n) is 3.12. The Bertz CT molecular complexity index is 783. The maximum absolute atomic E-state index is 5.99. The minimum Gasteiger partial charge on any atom is -0.488 e. The van der Waals surface area contributed by atoms with E-state index in [9.17, 15) is 0 Å². The first-order valence-electron chi connectivity index (χ1n) is 8.82. The molecule has 3 rings (SSSR count). The zero-order valence-corrected chi connectivity index (χ0v) is 14.9. The molecular formula is C23H26O. The van der Waals surface area contributed by atoms with Crippen molar-refractivity contribution in [3.05, 3.63) is 65.2 Å². The minimum atomic E-state index is 0.643. The number of benzene rings is 2. The molecule has 1 heterocycles. The molecule has 1 atom stereocenters. The first-order valence-corrected chi connectivity index (χ1v) is 8.82. The van der Waals surface area contributed by atoms with E-state index in [1.807, 2.05) is 6.08 Å². The zero-order valence-electron chi connectivity index (χ0n) is 14.9. The molecule has 2 aromatic carbocycles. The van der Waals surface area contributed by atoms with Crippen molar-refractivity contribution in [3.63, 3.8) is 0 Å². The predicted octanol–water partition coefficient (Wildman–Crippen LogP) is 6.65. The number of rotatable bonds is 5. The average Bonchev–Trinajstić information content (AvgIpc) is 2.60. The van der Waals surface area contributed by atoms with Gasteiger partial charge in [0.1, 0.15) is 12.4 Å². The molecule has 1 aliphatic rings. The Hall–Kier alpha value is -2.28. The van der Waals surface area contributed by atoms with Crippen LogP contribution in [0, 0.1) is 12.8 Å². The minimum absolute atomic E-state index is 0.643. The maximum Gasteiger partial charge on any atom is 0.128 e. The Balaban J connectivity index is 2.01. The summed E-state index contributed by atoms with van der Waals surface area (Å²) in [6.07, 6.45) is 8.74. The van der Waals surface area contributed by atoms with Crippen LogP contribution in [0.4, 0.5) is 0 Å². The van der Waals surface area contributed by atoms with Gasteiger partial charge in [0, 0.05) is 5.56 Å². The summed E-state index contributed by atoms with van der Waals surface area (Å²) < 4.78 is 5.99. The Morgan fingerprint density at radius 3 is 2.75 bits per heavy atom. The van der Waals surface area contributed by atoms with Gasteiger partial charge >= 0.3 is 0 Å². The number of aryl methyl sites for hydroxylation is 1. The molecule has 24 heavy (non-hydrogen) atoms. The highest BCUT2D eigenvalue weighted by molar-refractivity contribution is 5.81. The number of hydrogen-bond donors (Lipinski definition) is 0. The summed E-state index contributed by atoms with van der Waals surface area (Å²) in [5, 5.41) is 0. The molecule has 2 aromatic rings. The maximum atomic E-state index is 5.99. The summed E-state index contributed by atoms with van der Waals surface area (Å²) in [5.41, 5.74) is 7.36. The molecule has 1 aliphatic heterocycles. The Kier molecular flexibility index (Phi) is 4.89. The number of allylic oxidation sites excluding steroid dienone is 1. The van der Waals surface area contributed by atoms with Gasteiger partial charge in [-0.2, -0.15) is 0 Å². The second-order valence-electron chi connectivity index (χ2n) is 6.78. The number of ether oxygens (including phenoxy) is 1. The second-order valence-corrected chi connectivity index (χ2v) is 6.78. The third-order valence-corrected chi connectivity index (χ3v) is 4.87. The van der Waals surface area contributed by atoms with Crippen molar-refractivity contribution >= 4 is 12.2 Å². The standard InChI is InChI=1S/C23H26O/c1-5-16(3)8-7-9-19-13-22-21-11-10-17(4)12-20(21)15-24-23(22)14-18(19)6-2/h6-7,9-14,16H,2,5,8,15H2,1,3-4H3/b9-7-. The topological polar surface area (TPSA) is 9.23 Å². The van der Waals surface area contributed by atoms with Crippen LogP contribution in [0.3, 0.4) is 0 Å². The molecule has 0 saturated carbocycles. The Morgan fingerprint density at radius 1 is 1.17 bits per heavy atom. The quantitative estimate of drug-likeness (QED) is 0.600.